The zero-order valence-corrected chi connectivity index (χ0v) is 21.1. The Hall–Kier alpha value is -3.80. The third kappa shape index (κ3) is 7.85. The first-order chi connectivity index (χ1) is 18.5. The van der Waals surface area contributed by atoms with Crippen molar-refractivity contribution in [3.63, 3.8) is 0 Å². The fourth-order valence-corrected chi connectivity index (χ4v) is 4.16. The summed E-state index contributed by atoms with van der Waals surface area (Å²) in [5.41, 5.74) is 2.83. The van der Waals surface area contributed by atoms with E-state index >= 15 is 0 Å². The molecule has 4 rings (SSSR count). The first-order valence-corrected chi connectivity index (χ1v) is 12.9. The molecule has 0 atom stereocenters. The normalized spacial score (nSPS) is 10.9. The molecule has 0 N–H and O–H groups in total. The van der Waals surface area contributed by atoms with Gasteiger partial charge in [-0.25, -0.2) is 17.6 Å². The van der Waals surface area contributed by atoms with Crippen LogP contribution in [0.1, 0.15) is 38.5 Å². The molecule has 0 aromatic heterocycles. The smallest absolute Gasteiger partial charge is 0.165 e. The Balaban J connectivity index is 1.07. The summed E-state index contributed by atoms with van der Waals surface area (Å²) in [6.45, 7) is 0.867. The van der Waals surface area contributed by atoms with Gasteiger partial charge >= 0.3 is 0 Å². The van der Waals surface area contributed by atoms with E-state index in [1.165, 1.54) is 36.4 Å². The number of hydrogen-bond acceptors (Lipinski definition) is 2. The highest BCUT2D eigenvalue weighted by Gasteiger charge is 2.08. The van der Waals surface area contributed by atoms with E-state index in [4.69, 9.17) is 9.47 Å². The number of benzene rings is 4. The minimum atomic E-state index is -0.437. The monoisotopic (exact) mass is 522 g/mol. The molecule has 6 heteroatoms. The summed E-state index contributed by atoms with van der Waals surface area (Å²) < 4.78 is 66.1. The fraction of sp³-hybridized carbons (Fsp3) is 0.250. The average molecular weight is 523 g/mol. The Morgan fingerprint density at radius 2 is 0.737 bits per heavy atom. The second-order valence-electron chi connectivity index (χ2n) is 9.12. The topological polar surface area (TPSA) is 18.5 Å². The molecule has 38 heavy (non-hydrogen) atoms. The minimum Gasteiger partial charge on any atom is -0.491 e. The van der Waals surface area contributed by atoms with Crippen molar-refractivity contribution in [2.45, 2.75) is 38.5 Å². The Bertz CT molecular complexity index is 1200. The molecular formula is C32H30F4O2. The molecule has 4 aromatic rings. The number of halogens is 4. The van der Waals surface area contributed by atoms with Gasteiger partial charge in [-0.2, -0.15) is 0 Å². The van der Waals surface area contributed by atoms with Gasteiger partial charge in [0, 0.05) is 0 Å². The number of rotatable bonds is 13. The van der Waals surface area contributed by atoms with Gasteiger partial charge in [-0.05, 0) is 83.6 Å². The van der Waals surface area contributed by atoms with Crippen molar-refractivity contribution in [3.05, 3.63) is 108 Å². The lowest BCUT2D eigenvalue weighted by Gasteiger charge is -2.10. The first kappa shape index (κ1) is 27.2. The summed E-state index contributed by atoms with van der Waals surface area (Å²) in [7, 11) is 0. The summed E-state index contributed by atoms with van der Waals surface area (Å²) >= 11 is 0. The Labute approximate surface area is 220 Å². The molecule has 0 heterocycles. The van der Waals surface area contributed by atoms with Crippen LogP contribution in [0.5, 0.6) is 11.5 Å². The Morgan fingerprint density at radius 3 is 1.11 bits per heavy atom. The van der Waals surface area contributed by atoms with Crippen molar-refractivity contribution in [2.24, 2.45) is 0 Å². The van der Waals surface area contributed by atoms with E-state index in [1.54, 1.807) is 48.5 Å². The van der Waals surface area contributed by atoms with Gasteiger partial charge in [0.05, 0.1) is 13.2 Å². The molecule has 0 aliphatic heterocycles. The second-order valence-corrected chi connectivity index (χ2v) is 9.12. The van der Waals surface area contributed by atoms with Gasteiger partial charge in [-0.15, -0.1) is 0 Å². The highest BCUT2D eigenvalue weighted by atomic mass is 19.1. The van der Waals surface area contributed by atoms with E-state index in [0.29, 0.717) is 24.3 Å². The predicted octanol–water partition coefficient (Wildman–Crippen LogP) is 9.38. The molecule has 2 nitrogen and oxygen atoms in total. The van der Waals surface area contributed by atoms with Crippen LogP contribution in [0.4, 0.5) is 17.6 Å². The van der Waals surface area contributed by atoms with Crippen molar-refractivity contribution in [3.8, 4) is 33.8 Å². The van der Waals surface area contributed by atoms with Crippen LogP contribution in [0.2, 0.25) is 0 Å². The fourth-order valence-electron chi connectivity index (χ4n) is 4.16. The zero-order chi connectivity index (χ0) is 26.7. The van der Waals surface area contributed by atoms with Crippen molar-refractivity contribution in [1.29, 1.82) is 0 Å². The van der Waals surface area contributed by atoms with Crippen LogP contribution in [0, 0.1) is 23.3 Å². The van der Waals surface area contributed by atoms with E-state index in [9.17, 15) is 17.6 Å². The molecule has 0 amide bonds. The lowest BCUT2D eigenvalue weighted by Crippen LogP contribution is -2.00. The van der Waals surface area contributed by atoms with Gasteiger partial charge in [0.2, 0.25) is 0 Å². The third-order valence-corrected chi connectivity index (χ3v) is 6.27. The quantitative estimate of drug-likeness (QED) is 0.129. The average Bonchev–Trinajstić information content (AvgIpc) is 2.92. The maximum atomic E-state index is 14.4. The molecule has 0 saturated heterocycles. The SMILES string of the molecule is Fc1ccc(-c2ccc(OCCCCCCCCOc3ccc(-c4ccc(F)cc4)cc3F)c(F)c2)cc1. The van der Waals surface area contributed by atoms with Gasteiger partial charge in [-0.1, -0.05) is 62.1 Å². The second kappa shape index (κ2) is 13.7. The summed E-state index contributed by atoms with van der Waals surface area (Å²) in [6.07, 6.45) is 5.62. The van der Waals surface area contributed by atoms with Crippen LogP contribution in [0.15, 0.2) is 84.9 Å². The molecule has 198 valence electrons. The maximum absolute atomic E-state index is 14.4. The molecule has 0 radical (unpaired) electrons. The van der Waals surface area contributed by atoms with Crippen molar-refractivity contribution >= 4 is 0 Å². The van der Waals surface area contributed by atoms with E-state index in [1.807, 2.05) is 0 Å². The highest BCUT2D eigenvalue weighted by Crippen LogP contribution is 2.27. The lowest BCUT2D eigenvalue weighted by molar-refractivity contribution is 0.283. The molecule has 0 fully saturated rings. The molecule has 0 bridgehead atoms. The van der Waals surface area contributed by atoms with E-state index < -0.39 is 11.6 Å². The summed E-state index contributed by atoms with van der Waals surface area (Å²) in [6, 6.07) is 21.4. The van der Waals surface area contributed by atoms with Crippen LogP contribution < -0.4 is 9.47 Å². The van der Waals surface area contributed by atoms with Gasteiger partial charge in [0.25, 0.3) is 0 Å². The van der Waals surface area contributed by atoms with Crippen molar-refractivity contribution < 1.29 is 27.0 Å². The number of ether oxygens (including phenoxy) is 2. The minimum absolute atomic E-state index is 0.214. The molecule has 0 spiro atoms. The van der Waals surface area contributed by atoms with Gasteiger partial charge < -0.3 is 9.47 Å². The van der Waals surface area contributed by atoms with Crippen LogP contribution in [-0.4, -0.2) is 13.2 Å². The van der Waals surface area contributed by atoms with Crippen molar-refractivity contribution in [2.75, 3.05) is 13.2 Å². The molecule has 4 aromatic carbocycles. The Morgan fingerprint density at radius 1 is 0.395 bits per heavy atom. The van der Waals surface area contributed by atoms with Gasteiger partial charge in [0.15, 0.2) is 23.1 Å². The molecule has 0 unspecified atom stereocenters. The highest BCUT2D eigenvalue weighted by molar-refractivity contribution is 5.65. The molecule has 0 aliphatic carbocycles. The van der Waals surface area contributed by atoms with Crippen LogP contribution >= 0.6 is 0 Å². The van der Waals surface area contributed by atoms with Crippen LogP contribution in [-0.2, 0) is 0 Å². The lowest BCUT2D eigenvalue weighted by atomic mass is 10.1. The van der Waals surface area contributed by atoms with E-state index in [0.717, 1.165) is 49.7 Å². The van der Waals surface area contributed by atoms with E-state index in [2.05, 4.69) is 0 Å². The van der Waals surface area contributed by atoms with Gasteiger partial charge in [0.1, 0.15) is 11.6 Å². The summed E-state index contributed by atoms with van der Waals surface area (Å²) in [5.74, 6) is -1.10. The third-order valence-electron chi connectivity index (χ3n) is 6.27. The van der Waals surface area contributed by atoms with Crippen LogP contribution in [0.3, 0.4) is 0 Å². The van der Waals surface area contributed by atoms with E-state index in [-0.39, 0.29) is 23.1 Å². The summed E-state index contributed by atoms with van der Waals surface area (Å²) in [4.78, 5) is 0. The molecule has 0 aliphatic rings. The zero-order valence-electron chi connectivity index (χ0n) is 21.1. The van der Waals surface area contributed by atoms with Crippen LogP contribution in [0.25, 0.3) is 22.3 Å². The molecular weight excluding hydrogens is 492 g/mol. The number of unbranched alkanes of at least 4 members (excludes halogenated alkanes) is 5. The van der Waals surface area contributed by atoms with Gasteiger partial charge in [-0.3, -0.25) is 0 Å². The maximum Gasteiger partial charge on any atom is 0.165 e. The largest absolute Gasteiger partial charge is 0.491 e. The number of hydrogen-bond donors (Lipinski definition) is 0. The summed E-state index contributed by atoms with van der Waals surface area (Å²) in [5, 5.41) is 0. The first-order valence-electron chi connectivity index (χ1n) is 12.9. The predicted molar refractivity (Wildman–Crippen MR) is 142 cm³/mol. The Kier molecular flexibility index (Phi) is 9.79. The molecule has 0 saturated carbocycles. The van der Waals surface area contributed by atoms with Crippen molar-refractivity contribution in [1.82, 2.24) is 0 Å². The standard InChI is InChI=1S/C32H30F4O2/c33-27-13-7-23(8-14-27)25-11-17-31(29(35)21-25)37-19-5-3-1-2-4-6-20-38-32-18-12-26(22-30(32)36)24-9-15-28(34)16-10-24/h7-18,21-22H,1-6,19-20H2.